The second-order valence-corrected chi connectivity index (χ2v) is 7.88. The molecule has 2 aliphatic heterocycles. The van der Waals surface area contributed by atoms with E-state index in [-0.39, 0.29) is 12.1 Å². The van der Waals surface area contributed by atoms with Crippen molar-refractivity contribution in [2.75, 3.05) is 0 Å². The highest BCUT2D eigenvalue weighted by Crippen LogP contribution is 2.40. The summed E-state index contributed by atoms with van der Waals surface area (Å²) in [5.74, 6) is 0. The molecule has 2 fully saturated rings. The molecule has 0 saturated carbocycles. The Bertz CT molecular complexity index is 806. The van der Waals surface area contributed by atoms with Crippen molar-refractivity contribution in [2.45, 2.75) is 69.8 Å². The van der Waals surface area contributed by atoms with Crippen LogP contribution in [0.4, 0.5) is 0 Å². The number of piperidine rings is 2. The number of pyridine rings is 1. The summed E-state index contributed by atoms with van der Waals surface area (Å²) in [4.78, 5) is 18.9. The third-order valence-corrected chi connectivity index (χ3v) is 5.78. The predicted molar refractivity (Wildman–Crippen MR) is 98.6 cm³/mol. The van der Waals surface area contributed by atoms with Crippen molar-refractivity contribution in [3.05, 3.63) is 58.3 Å². The average molecular weight is 354 g/mol. The summed E-state index contributed by atoms with van der Waals surface area (Å²) in [6.45, 7) is 3.02. The van der Waals surface area contributed by atoms with Crippen LogP contribution in [0.2, 0.25) is 0 Å². The molecule has 0 aromatic carbocycles. The van der Waals surface area contributed by atoms with Gasteiger partial charge in [-0.05, 0) is 50.3 Å². The molecular formula is C20H26N4O2. The van der Waals surface area contributed by atoms with E-state index < -0.39 is 5.60 Å². The molecule has 0 amide bonds. The van der Waals surface area contributed by atoms with Gasteiger partial charge in [0.05, 0.1) is 17.8 Å². The van der Waals surface area contributed by atoms with Crippen LogP contribution >= 0.6 is 0 Å². The molecule has 26 heavy (non-hydrogen) atoms. The van der Waals surface area contributed by atoms with Crippen molar-refractivity contribution >= 4 is 0 Å². The molecule has 1 N–H and O–H groups in total. The van der Waals surface area contributed by atoms with Crippen molar-refractivity contribution in [1.82, 2.24) is 19.7 Å². The largest absolute Gasteiger partial charge is 0.388 e. The molecule has 0 aliphatic carbocycles. The Kier molecular flexibility index (Phi) is 4.63. The number of fused-ring (bicyclic) bond motifs is 2. The Morgan fingerprint density at radius 2 is 2.00 bits per heavy atom. The van der Waals surface area contributed by atoms with E-state index in [9.17, 15) is 9.90 Å². The van der Waals surface area contributed by atoms with Gasteiger partial charge < -0.3 is 5.11 Å². The van der Waals surface area contributed by atoms with Crippen molar-refractivity contribution in [3.8, 4) is 0 Å². The van der Waals surface area contributed by atoms with Gasteiger partial charge in [0, 0.05) is 37.1 Å². The lowest BCUT2D eigenvalue weighted by Crippen LogP contribution is -2.59. The van der Waals surface area contributed by atoms with Crippen molar-refractivity contribution in [2.24, 2.45) is 0 Å². The van der Waals surface area contributed by atoms with Crippen molar-refractivity contribution < 1.29 is 5.11 Å². The van der Waals surface area contributed by atoms with E-state index in [2.05, 4.69) is 21.0 Å². The Labute approximate surface area is 153 Å². The molecule has 2 aliphatic rings. The summed E-state index contributed by atoms with van der Waals surface area (Å²) in [6.07, 6.45) is 8.48. The van der Waals surface area contributed by atoms with Crippen LogP contribution in [0.5, 0.6) is 0 Å². The Morgan fingerprint density at radius 1 is 1.23 bits per heavy atom. The van der Waals surface area contributed by atoms with Crippen LogP contribution in [0.3, 0.4) is 0 Å². The molecule has 0 unspecified atom stereocenters. The minimum atomic E-state index is -0.869. The fraction of sp³-hybridized carbons (Fsp3) is 0.550. The maximum Gasteiger partial charge on any atom is 0.266 e. The molecule has 4 heterocycles. The van der Waals surface area contributed by atoms with E-state index in [0.29, 0.717) is 24.9 Å². The monoisotopic (exact) mass is 354 g/mol. The highest BCUT2D eigenvalue weighted by Gasteiger charge is 2.45. The minimum absolute atomic E-state index is 0.146. The van der Waals surface area contributed by atoms with Crippen molar-refractivity contribution in [1.29, 1.82) is 0 Å². The van der Waals surface area contributed by atoms with E-state index in [1.54, 1.807) is 12.3 Å². The van der Waals surface area contributed by atoms with Gasteiger partial charge in [0.1, 0.15) is 0 Å². The molecule has 2 saturated heterocycles. The first-order chi connectivity index (χ1) is 12.5. The maximum absolute atomic E-state index is 12.1. The maximum atomic E-state index is 12.1. The lowest BCUT2D eigenvalue weighted by atomic mass is 9.75. The van der Waals surface area contributed by atoms with E-state index in [1.165, 1.54) is 22.7 Å². The van der Waals surface area contributed by atoms with Crippen LogP contribution in [0.25, 0.3) is 0 Å². The first-order valence-corrected chi connectivity index (χ1v) is 9.44. The molecule has 0 spiro atoms. The predicted octanol–water partition coefficient (Wildman–Crippen LogP) is 1.89. The first-order valence-electron chi connectivity index (χ1n) is 9.44. The zero-order chi connectivity index (χ0) is 18.1. The van der Waals surface area contributed by atoms with Crippen LogP contribution in [-0.2, 0) is 13.1 Å². The van der Waals surface area contributed by atoms with Gasteiger partial charge in [-0.25, -0.2) is 4.68 Å². The van der Waals surface area contributed by atoms with Crippen LogP contribution in [-0.4, -0.2) is 42.5 Å². The Morgan fingerprint density at radius 3 is 2.69 bits per heavy atom. The third kappa shape index (κ3) is 3.57. The van der Waals surface area contributed by atoms with Gasteiger partial charge in [-0.1, -0.05) is 12.5 Å². The van der Waals surface area contributed by atoms with Gasteiger partial charge in [0.15, 0.2) is 0 Å². The summed E-state index contributed by atoms with van der Waals surface area (Å²) in [7, 11) is 0. The third-order valence-electron chi connectivity index (χ3n) is 5.78. The Balaban J connectivity index is 1.53. The highest BCUT2D eigenvalue weighted by atomic mass is 16.3. The topological polar surface area (TPSA) is 71.2 Å². The summed E-state index contributed by atoms with van der Waals surface area (Å²) < 4.78 is 1.43. The molecule has 2 aromatic rings. The SMILES string of the molecule is Cc1ccc(=O)n(CC2(O)C[C@@H]3CCC[C@@H](C2)N3Cc2cccnc2)n1. The van der Waals surface area contributed by atoms with Gasteiger partial charge in [0.25, 0.3) is 5.56 Å². The smallest absolute Gasteiger partial charge is 0.266 e. The molecular weight excluding hydrogens is 328 g/mol. The minimum Gasteiger partial charge on any atom is -0.388 e. The summed E-state index contributed by atoms with van der Waals surface area (Å²) >= 11 is 0. The number of hydrogen-bond acceptors (Lipinski definition) is 5. The molecule has 6 heteroatoms. The fourth-order valence-corrected chi connectivity index (χ4v) is 4.65. The van der Waals surface area contributed by atoms with Crippen LogP contribution in [0, 0.1) is 6.92 Å². The van der Waals surface area contributed by atoms with Crippen LogP contribution < -0.4 is 5.56 Å². The summed E-state index contributed by atoms with van der Waals surface area (Å²) in [5, 5.41) is 15.6. The van der Waals surface area contributed by atoms with Gasteiger partial charge >= 0.3 is 0 Å². The van der Waals surface area contributed by atoms with E-state index in [0.717, 1.165) is 25.1 Å². The van der Waals surface area contributed by atoms with Gasteiger partial charge in [-0.3, -0.25) is 14.7 Å². The number of nitrogens with zero attached hydrogens (tertiary/aromatic N) is 4. The molecule has 6 nitrogen and oxygen atoms in total. The molecule has 2 bridgehead atoms. The number of hydrogen-bond donors (Lipinski definition) is 1. The lowest BCUT2D eigenvalue weighted by molar-refractivity contribution is -0.105. The number of rotatable bonds is 4. The molecule has 2 aromatic heterocycles. The number of aryl methyl sites for hydroxylation is 1. The lowest BCUT2D eigenvalue weighted by Gasteiger charge is -2.52. The quantitative estimate of drug-likeness (QED) is 0.908. The normalized spacial score (nSPS) is 28.8. The average Bonchev–Trinajstić information content (AvgIpc) is 2.60. The molecule has 138 valence electrons. The summed E-state index contributed by atoms with van der Waals surface area (Å²) in [6, 6.07) is 8.01. The fourth-order valence-electron chi connectivity index (χ4n) is 4.65. The zero-order valence-corrected chi connectivity index (χ0v) is 15.2. The second kappa shape index (κ2) is 6.93. The zero-order valence-electron chi connectivity index (χ0n) is 15.2. The first kappa shape index (κ1) is 17.4. The number of aromatic nitrogens is 3. The molecule has 2 atom stereocenters. The van der Waals surface area contributed by atoms with Gasteiger partial charge in [0.2, 0.25) is 0 Å². The number of aliphatic hydroxyl groups is 1. The molecule has 0 radical (unpaired) electrons. The van der Waals surface area contributed by atoms with Gasteiger partial charge in [-0.15, -0.1) is 0 Å². The molecule has 4 rings (SSSR count). The van der Waals surface area contributed by atoms with Crippen molar-refractivity contribution in [3.63, 3.8) is 0 Å². The van der Waals surface area contributed by atoms with Gasteiger partial charge in [-0.2, -0.15) is 5.10 Å². The second-order valence-electron chi connectivity index (χ2n) is 7.88. The van der Waals surface area contributed by atoms with Crippen LogP contribution in [0.1, 0.15) is 43.4 Å². The summed E-state index contributed by atoms with van der Waals surface area (Å²) in [5.41, 5.74) is 0.993. The standard InChI is InChI=1S/C20H26N4O2/c1-15-7-8-19(25)24(22-15)14-20(26)10-17-5-2-6-18(11-20)23(17)13-16-4-3-9-21-12-16/h3-4,7-9,12,17-18,26H,2,5-6,10-11,13-14H2,1H3/t17-,18-/m0/s1. The van der Waals surface area contributed by atoms with E-state index >= 15 is 0 Å². The van der Waals surface area contributed by atoms with E-state index in [4.69, 9.17) is 0 Å². The van der Waals surface area contributed by atoms with Crippen LogP contribution in [0.15, 0.2) is 41.5 Å². The highest BCUT2D eigenvalue weighted by molar-refractivity contribution is 5.11. The Hall–Kier alpha value is -2.05. The van der Waals surface area contributed by atoms with E-state index in [1.807, 2.05) is 19.2 Å².